The molecule has 11 heteroatoms. The van der Waals surface area contributed by atoms with E-state index >= 15 is 0 Å². The van der Waals surface area contributed by atoms with Crippen LogP contribution in [0.15, 0.2) is 61.1 Å². The number of esters is 1. The summed E-state index contributed by atoms with van der Waals surface area (Å²) in [7, 11) is 5.85. The van der Waals surface area contributed by atoms with Crippen molar-refractivity contribution >= 4 is 16.9 Å². The van der Waals surface area contributed by atoms with Crippen LogP contribution in [-0.4, -0.2) is 51.0 Å². The standard InChI is InChI=1S/C31H31NO10/c1-37-19-5-6-25-22(11-19)29(35)23(16-41-25)21(13-28(34)40-4)31-30(36)24(33)12-20(42-31)15-32-8-7-17-9-26(38-2)27(39-3)10-18(17)14-32/h5-6,9-12,16,21,36H,7-8,13-15H2,1-4H3. The second-order valence-electron chi connectivity index (χ2n) is 9.94. The summed E-state index contributed by atoms with van der Waals surface area (Å²) in [5.74, 6) is -0.767. The molecule has 2 aromatic heterocycles. The third-order valence-corrected chi connectivity index (χ3v) is 7.47. The molecule has 1 aliphatic heterocycles. The first kappa shape index (κ1) is 28.7. The summed E-state index contributed by atoms with van der Waals surface area (Å²) < 4.78 is 32.7. The highest BCUT2D eigenvalue weighted by atomic mass is 16.5. The quantitative estimate of drug-likeness (QED) is 0.291. The van der Waals surface area contributed by atoms with E-state index in [0.717, 1.165) is 17.5 Å². The lowest BCUT2D eigenvalue weighted by Crippen LogP contribution is -2.30. The van der Waals surface area contributed by atoms with E-state index in [2.05, 4.69) is 4.90 Å². The van der Waals surface area contributed by atoms with Crippen LogP contribution >= 0.6 is 0 Å². The number of benzene rings is 2. The number of nitrogens with zero attached hydrogens (tertiary/aromatic N) is 1. The molecule has 4 aromatic rings. The van der Waals surface area contributed by atoms with Gasteiger partial charge in [-0.05, 0) is 47.9 Å². The lowest BCUT2D eigenvalue weighted by Gasteiger charge is -2.29. The van der Waals surface area contributed by atoms with Gasteiger partial charge in [0.2, 0.25) is 11.2 Å². The Morgan fingerprint density at radius 2 is 1.74 bits per heavy atom. The molecule has 42 heavy (non-hydrogen) atoms. The van der Waals surface area contributed by atoms with E-state index in [1.807, 2.05) is 12.1 Å². The van der Waals surface area contributed by atoms with Crippen LogP contribution in [0.3, 0.4) is 0 Å². The number of hydrogen-bond donors (Lipinski definition) is 1. The zero-order valence-electron chi connectivity index (χ0n) is 23.7. The fourth-order valence-corrected chi connectivity index (χ4v) is 5.25. The van der Waals surface area contributed by atoms with Gasteiger partial charge in [0, 0.05) is 24.7 Å². The number of fused-ring (bicyclic) bond motifs is 2. The van der Waals surface area contributed by atoms with Crippen molar-refractivity contribution in [2.24, 2.45) is 0 Å². The van der Waals surface area contributed by atoms with E-state index in [1.165, 1.54) is 32.6 Å². The monoisotopic (exact) mass is 577 g/mol. The maximum atomic E-state index is 13.6. The normalized spacial score (nSPS) is 13.8. The zero-order valence-corrected chi connectivity index (χ0v) is 23.7. The van der Waals surface area contributed by atoms with Gasteiger partial charge in [-0.2, -0.15) is 0 Å². The molecule has 0 spiro atoms. The van der Waals surface area contributed by atoms with Crippen LogP contribution in [0.2, 0.25) is 0 Å². The van der Waals surface area contributed by atoms with Crippen LogP contribution in [0.4, 0.5) is 0 Å². The molecule has 5 rings (SSSR count). The average Bonchev–Trinajstić information content (AvgIpc) is 3.01. The summed E-state index contributed by atoms with van der Waals surface area (Å²) in [6.07, 6.45) is 1.56. The molecule has 0 saturated heterocycles. The van der Waals surface area contributed by atoms with E-state index in [-0.39, 0.29) is 35.4 Å². The van der Waals surface area contributed by atoms with Gasteiger partial charge in [0.15, 0.2) is 22.7 Å². The zero-order chi connectivity index (χ0) is 30.0. The Morgan fingerprint density at radius 1 is 1.00 bits per heavy atom. The van der Waals surface area contributed by atoms with Crippen molar-refractivity contribution in [2.45, 2.75) is 31.8 Å². The number of aromatic hydroxyl groups is 1. The molecule has 2 aromatic carbocycles. The van der Waals surface area contributed by atoms with Crippen molar-refractivity contribution in [1.29, 1.82) is 0 Å². The first-order valence-corrected chi connectivity index (χ1v) is 13.2. The van der Waals surface area contributed by atoms with Crippen molar-refractivity contribution < 1.29 is 37.7 Å². The number of hydrogen-bond acceptors (Lipinski definition) is 11. The molecule has 1 N–H and O–H groups in total. The first-order valence-electron chi connectivity index (χ1n) is 13.2. The van der Waals surface area contributed by atoms with Crippen LogP contribution < -0.4 is 25.1 Å². The summed E-state index contributed by atoms with van der Waals surface area (Å²) in [6, 6.07) is 9.87. The van der Waals surface area contributed by atoms with Gasteiger partial charge < -0.3 is 32.9 Å². The Labute approximate surface area is 240 Å². The highest BCUT2D eigenvalue weighted by Crippen LogP contribution is 2.35. The minimum Gasteiger partial charge on any atom is -0.502 e. The van der Waals surface area contributed by atoms with Gasteiger partial charge in [0.05, 0.1) is 59.0 Å². The van der Waals surface area contributed by atoms with Crippen LogP contribution in [0.1, 0.15) is 40.5 Å². The minimum absolute atomic E-state index is 0.0182. The van der Waals surface area contributed by atoms with E-state index in [0.29, 0.717) is 35.9 Å². The third kappa shape index (κ3) is 5.55. The topological polar surface area (TPSA) is 138 Å². The van der Waals surface area contributed by atoms with Crippen molar-refractivity contribution in [3.05, 3.63) is 91.3 Å². The van der Waals surface area contributed by atoms with Gasteiger partial charge in [-0.1, -0.05) is 0 Å². The molecule has 1 unspecified atom stereocenters. The molecule has 0 aliphatic carbocycles. The lowest BCUT2D eigenvalue weighted by molar-refractivity contribution is -0.140. The number of rotatable bonds is 9. The fourth-order valence-electron chi connectivity index (χ4n) is 5.25. The number of methoxy groups -OCH3 is 4. The van der Waals surface area contributed by atoms with Crippen LogP contribution in [0, 0.1) is 0 Å². The van der Waals surface area contributed by atoms with Gasteiger partial charge in [0.25, 0.3) is 0 Å². The van der Waals surface area contributed by atoms with Crippen molar-refractivity contribution in [2.75, 3.05) is 35.0 Å². The van der Waals surface area contributed by atoms with Gasteiger partial charge >= 0.3 is 5.97 Å². The second-order valence-corrected chi connectivity index (χ2v) is 9.94. The predicted octanol–water partition coefficient (Wildman–Crippen LogP) is 3.73. The van der Waals surface area contributed by atoms with E-state index in [1.54, 1.807) is 26.4 Å². The molecule has 0 amide bonds. The largest absolute Gasteiger partial charge is 0.502 e. The Hall–Kier alpha value is -4.77. The number of carbonyl (C=O) groups excluding carboxylic acids is 1. The van der Waals surface area contributed by atoms with Crippen molar-refractivity contribution in [1.82, 2.24) is 4.90 Å². The summed E-state index contributed by atoms with van der Waals surface area (Å²) in [6.45, 7) is 1.46. The van der Waals surface area contributed by atoms with Crippen LogP contribution in [0.25, 0.3) is 11.0 Å². The summed E-state index contributed by atoms with van der Waals surface area (Å²) in [4.78, 5) is 41.1. The third-order valence-electron chi connectivity index (χ3n) is 7.47. The second kappa shape index (κ2) is 12.0. The summed E-state index contributed by atoms with van der Waals surface area (Å²) in [5, 5.41) is 11.0. The van der Waals surface area contributed by atoms with Gasteiger partial charge in [-0.3, -0.25) is 19.3 Å². The first-order chi connectivity index (χ1) is 20.3. The average molecular weight is 578 g/mol. The van der Waals surface area contributed by atoms with Crippen LogP contribution in [-0.2, 0) is 29.0 Å². The number of carbonyl (C=O) groups is 1. The summed E-state index contributed by atoms with van der Waals surface area (Å²) in [5.41, 5.74) is 1.35. The molecular formula is C31H31NO10. The van der Waals surface area contributed by atoms with E-state index in [9.17, 15) is 19.5 Å². The molecule has 3 heterocycles. The lowest BCUT2D eigenvalue weighted by atomic mass is 9.92. The van der Waals surface area contributed by atoms with Crippen molar-refractivity contribution in [3.8, 4) is 23.0 Å². The predicted molar refractivity (Wildman–Crippen MR) is 152 cm³/mol. The van der Waals surface area contributed by atoms with Crippen LogP contribution in [0.5, 0.6) is 23.0 Å². The summed E-state index contributed by atoms with van der Waals surface area (Å²) >= 11 is 0. The minimum atomic E-state index is -1.16. The fraction of sp³-hybridized carbons (Fsp3) is 0.323. The highest BCUT2D eigenvalue weighted by Gasteiger charge is 2.30. The Balaban J connectivity index is 1.52. The van der Waals surface area contributed by atoms with Gasteiger partial charge in [0.1, 0.15) is 17.1 Å². The van der Waals surface area contributed by atoms with Gasteiger partial charge in [-0.15, -0.1) is 0 Å². The van der Waals surface area contributed by atoms with Crippen molar-refractivity contribution in [3.63, 3.8) is 0 Å². The maximum Gasteiger partial charge on any atom is 0.306 e. The Kier molecular flexibility index (Phi) is 8.21. The highest BCUT2D eigenvalue weighted by molar-refractivity contribution is 5.79. The maximum absolute atomic E-state index is 13.6. The molecule has 0 saturated carbocycles. The Morgan fingerprint density at radius 3 is 2.43 bits per heavy atom. The molecule has 0 radical (unpaired) electrons. The molecule has 0 fully saturated rings. The molecule has 11 nitrogen and oxygen atoms in total. The molecule has 0 bridgehead atoms. The molecular weight excluding hydrogens is 546 g/mol. The molecule has 1 aliphatic rings. The van der Waals surface area contributed by atoms with E-state index in [4.69, 9.17) is 27.8 Å². The van der Waals surface area contributed by atoms with Gasteiger partial charge in [-0.25, -0.2) is 0 Å². The van der Waals surface area contributed by atoms with E-state index < -0.39 is 28.5 Å². The smallest absolute Gasteiger partial charge is 0.306 e. The molecule has 220 valence electrons. The SMILES string of the molecule is COC(=O)CC(c1oc(CN2CCc3cc(OC)c(OC)cc3C2)cc(=O)c1O)c1coc2ccc(OC)cc2c1=O. The number of ether oxygens (including phenoxy) is 4. The Bertz CT molecular complexity index is 1760. The molecule has 1 atom stereocenters.